The maximum Gasteiger partial charge on any atom is 0.220 e. The van der Waals surface area contributed by atoms with E-state index in [1.807, 2.05) is 24.3 Å². The fraction of sp³-hybridized carbons (Fsp3) is 0.250. The lowest BCUT2D eigenvalue weighted by atomic mass is 10.1. The number of nitrogens with one attached hydrogen (secondary N) is 1. The summed E-state index contributed by atoms with van der Waals surface area (Å²) >= 11 is 3.38. The average Bonchev–Trinajstić information content (AvgIpc) is 2.53. The molecule has 0 aliphatic heterocycles. The Morgan fingerprint density at radius 1 is 1.29 bits per heavy atom. The molecule has 0 radical (unpaired) electrons. The summed E-state index contributed by atoms with van der Waals surface area (Å²) in [6.07, 6.45) is 3.60. The number of aryl methyl sites for hydroxylation is 1. The molecule has 1 heterocycles. The second kappa shape index (κ2) is 7.90. The lowest BCUT2D eigenvalue weighted by Crippen LogP contribution is -2.28. The van der Waals surface area contributed by atoms with E-state index in [1.54, 1.807) is 24.5 Å². The van der Waals surface area contributed by atoms with E-state index in [9.17, 15) is 9.90 Å². The quantitative estimate of drug-likeness (QED) is 0.843. The van der Waals surface area contributed by atoms with E-state index in [-0.39, 0.29) is 12.5 Å². The minimum atomic E-state index is -0.727. The van der Waals surface area contributed by atoms with Crippen LogP contribution in [0.3, 0.4) is 0 Å². The number of aliphatic hydroxyl groups is 1. The normalized spacial score (nSPS) is 11.9. The summed E-state index contributed by atoms with van der Waals surface area (Å²) < 4.78 is 1.02. The van der Waals surface area contributed by atoms with E-state index in [2.05, 4.69) is 26.2 Å². The van der Waals surface area contributed by atoms with Crippen LogP contribution in [0.2, 0.25) is 0 Å². The van der Waals surface area contributed by atoms with Gasteiger partial charge in [0.15, 0.2) is 0 Å². The van der Waals surface area contributed by atoms with Crippen LogP contribution in [0.25, 0.3) is 0 Å². The third-order valence-corrected chi connectivity index (χ3v) is 3.64. The fourth-order valence-corrected chi connectivity index (χ4v) is 2.16. The Morgan fingerprint density at radius 3 is 2.71 bits per heavy atom. The number of carbonyl (C=O) groups is 1. The molecule has 2 N–H and O–H groups in total. The van der Waals surface area contributed by atoms with Gasteiger partial charge in [-0.1, -0.05) is 34.1 Å². The van der Waals surface area contributed by atoms with Crippen molar-refractivity contribution < 1.29 is 9.90 Å². The van der Waals surface area contributed by atoms with E-state index in [0.29, 0.717) is 18.4 Å². The molecule has 2 aromatic rings. The maximum atomic E-state index is 11.8. The van der Waals surface area contributed by atoms with E-state index < -0.39 is 6.10 Å². The minimum absolute atomic E-state index is 0.0686. The first kappa shape index (κ1) is 15.7. The van der Waals surface area contributed by atoms with Crippen LogP contribution in [0, 0.1) is 0 Å². The lowest BCUT2D eigenvalue weighted by Gasteiger charge is -2.11. The van der Waals surface area contributed by atoms with E-state index in [0.717, 1.165) is 10.0 Å². The van der Waals surface area contributed by atoms with Crippen LogP contribution >= 0.6 is 15.9 Å². The molecular formula is C16H17BrN2O2. The summed E-state index contributed by atoms with van der Waals surface area (Å²) in [4.78, 5) is 15.7. The largest absolute Gasteiger partial charge is 0.387 e. The van der Waals surface area contributed by atoms with Gasteiger partial charge in [0.2, 0.25) is 5.91 Å². The van der Waals surface area contributed by atoms with Gasteiger partial charge >= 0.3 is 0 Å². The molecule has 0 aliphatic carbocycles. The molecule has 0 aliphatic rings. The van der Waals surface area contributed by atoms with Gasteiger partial charge in [-0.05, 0) is 30.2 Å². The summed E-state index contributed by atoms with van der Waals surface area (Å²) in [5.74, 6) is -0.0686. The molecule has 5 heteroatoms. The highest BCUT2D eigenvalue weighted by Crippen LogP contribution is 2.12. The first-order valence-corrected chi connectivity index (χ1v) is 7.53. The topological polar surface area (TPSA) is 62.2 Å². The minimum Gasteiger partial charge on any atom is -0.387 e. The van der Waals surface area contributed by atoms with Gasteiger partial charge in [-0.25, -0.2) is 0 Å². The van der Waals surface area contributed by atoms with Crippen LogP contribution in [0.5, 0.6) is 0 Å². The molecule has 2 rings (SSSR count). The summed E-state index contributed by atoms with van der Waals surface area (Å²) in [7, 11) is 0. The van der Waals surface area contributed by atoms with Crippen LogP contribution < -0.4 is 5.32 Å². The molecule has 1 aromatic carbocycles. The van der Waals surface area contributed by atoms with Gasteiger partial charge in [0, 0.05) is 35.4 Å². The predicted octanol–water partition coefficient (Wildman–Crippen LogP) is 2.63. The number of carbonyl (C=O) groups excluding carboxylic acids is 1. The molecule has 0 fully saturated rings. The Morgan fingerprint density at radius 2 is 2.05 bits per heavy atom. The van der Waals surface area contributed by atoms with Crippen LogP contribution in [0.15, 0.2) is 53.3 Å². The molecule has 1 atom stereocenters. The summed E-state index contributed by atoms with van der Waals surface area (Å²) in [6, 6.07) is 11.4. The highest BCUT2D eigenvalue weighted by Gasteiger charge is 2.09. The molecule has 4 nitrogen and oxygen atoms in total. The number of aliphatic hydroxyl groups excluding tert-OH is 1. The maximum absolute atomic E-state index is 11.8. The molecule has 0 spiro atoms. The number of pyridine rings is 1. The number of hydrogen-bond acceptors (Lipinski definition) is 3. The van der Waals surface area contributed by atoms with Crippen molar-refractivity contribution in [2.24, 2.45) is 0 Å². The molecule has 0 unspecified atom stereocenters. The molecule has 110 valence electrons. The van der Waals surface area contributed by atoms with Crippen LogP contribution in [0.4, 0.5) is 0 Å². The highest BCUT2D eigenvalue weighted by atomic mass is 79.9. The molecule has 1 amide bonds. The Balaban J connectivity index is 1.73. The van der Waals surface area contributed by atoms with E-state index in [1.165, 1.54) is 0 Å². The second-order valence-electron chi connectivity index (χ2n) is 4.73. The Kier molecular flexibility index (Phi) is 5.90. The second-order valence-corrected chi connectivity index (χ2v) is 5.65. The first-order chi connectivity index (χ1) is 10.1. The number of nitrogens with zero attached hydrogens (tertiary/aromatic N) is 1. The van der Waals surface area contributed by atoms with Gasteiger partial charge in [0.1, 0.15) is 0 Å². The Hall–Kier alpha value is -1.72. The zero-order valence-electron chi connectivity index (χ0n) is 11.5. The molecule has 0 saturated carbocycles. The summed E-state index contributed by atoms with van der Waals surface area (Å²) in [5, 5.41) is 12.7. The van der Waals surface area contributed by atoms with Gasteiger partial charge in [0.25, 0.3) is 0 Å². The van der Waals surface area contributed by atoms with E-state index >= 15 is 0 Å². The predicted molar refractivity (Wildman–Crippen MR) is 84.7 cm³/mol. The van der Waals surface area contributed by atoms with Crippen molar-refractivity contribution >= 4 is 21.8 Å². The van der Waals surface area contributed by atoms with Crippen LogP contribution in [-0.2, 0) is 11.2 Å². The van der Waals surface area contributed by atoms with Gasteiger partial charge in [0.05, 0.1) is 6.10 Å². The monoisotopic (exact) mass is 348 g/mol. The van der Waals surface area contributed by atoms with Crippen molar-refractivity contribution in [2.75, 3.05) is 6.54 Å². The highest BCUT2D eigenvalue weighted by molar-refractivity contribution is 9.10. The third-order valence-electron chi connectivity index (χ3n) is 3.12. The van der Waals surface area contributed by atoms with E-state index in [4.69, 9.17) is 0 Å². The third kappa shape index (κ3) is 5.28. The van der Waals surface area contributed by atoms with Crippen molar-refractivity contribution in [2.45, 2.75) is 18.9 Å². The standard InChI is InChI=1S/C16H17BrN2O2/c17-14-6-3-12(4-7-14)5-8-16(21)19-11-15(20)13-2-1-9-18-10-13/h1-4,6-7,9-10,15,20H,5,8,11H2,(H,19,21)/t15-/m1/s1. The average molecular weight is 349 g/mol. The molecule has 21 heavy (non-hydrogen) atoms. The Labute approximate surface area is 132 Å². The van der Waals surface area contributed by atoms with Crippen molar-refractivity contribution in [3.05, 3.63) is 64.4 Å². The lowest BCUT2D eigenvalue weighted by molar-refractivity contribution is -0.121. The van der Waals surface area contributed by atoms with Crippen molar-refractivity contribution in [3.63, 3.8) is 0 Å². The number of halogens is 1. The Bertz CT molecular complexity index is 573. The van der Waals surface area contributed by atoms with Gasteiger partial charge in [-0.3, -0.25) is 9.78 Å². The van der Waals surface area contributed by atoms with Crippen molar-refractivity contribution in [3.8, 4) is 0 Å². The molecule has 1 aromatic heterocycles. The number of benzene rings is 1. The van der Waals surface area contributed by atoms with Crippen LogP contribution in [-0.4, -0.2) is 22.5 Å². The van der Waals surface area contributed by atoms with Gasteiger partial charge in [-0.15, -0.1) is 0 Å². The van der Waals surface area contributed by atoms with Gasteiger partial charge in [-0.2, -0.15) is 0 Å². The first-order valence-electron chi connectivity index (χ1n) is 6.74. The summed E-state index contributed by atoms with van der Waals surface area (Å²) in [5.41, 5.74) is 1.81. The molecule has 0 saturated heterocycles. The molecular weight excluding hydrogens is 332 g/mol. The number of aromatic nitrogens is 1. The smallest absolute Gasteiger partial charge is 0.220 e. The van der Waals surface area contributed by atoms with Crippen LogP contribution in [0.1, 0.15) is 23.7 Å². The zero-order valence-corrected chi connectivity index (χ0v) is 13.1. The number of amides is 1. The van der Waals surface area contributed by atoms with Crippen molar-refractivity contribution in [1.82, 2.24) is 10.3 Å². The van der Waals surface area contributed by atoms with Gasteiger partial charge < -0.3 is 10.4 Å². The SMILES string of the molecule is O=C(CCc1ccc(Br)cc1)NC[C@@H](O)c1cccnc1. The number of rotatable bonds is 6. The summed E-state index contributed by atoms with van der Waals surface area (Å²) in [6.45, 7) is 0.199. The fourth-order valence-electron chi connectivity index (χ4n) is 1.90. The number of hydrogen-bond donors (Lipinski definition) is 2. The van der Waals surface area contributed by atoms with Crippen molar-refractivity contribution in [1.29, 1.82) is 0 Å². The zero-order chi connectivity index (χ0) is 15.1. The molecule has 0 bridgehead atoms.